The zero-order valence-corrected chi connectivity index (χ0v) is 20.6. The molecule has 3 rings (SSSR count). The summed E-state index contributed by atoms with van der Waals surface area (Å²) in [7, 11) is 0.576. The van der Waals surface area contributed by atoms with E-state index in [0.717, 1.165) is 19.3 Å². The molecule has 1 aliphatic heterocycles. The van der Waals surface area contributed by atoms with Crippen LogP contribution in [0.25, 0.3) is 6.08 Å². The average molecular weight is 470 g/mol. The maximum atomic E-state index is 13.5. The maximum Gasteiger partial charge on any atom is 0.246 e. The van der Waals surface area contributed by atoms with Crippen LogP contribution in [-0.2, 0) is 0 Å². The number of aldehydes is 1. The van der Waals surface area contributed by atoms with Crippen molar-refractivity contribution < 1.29 is 28.9 Å². The minimum absolute atomic E-state index is 0.0296. The molecule has 1 aliphatic rings. The molecule has 7 nitrogen and oxygen atoms in total. The molecule has 0 aliphatic carbocycles. The van der Waals surface area contributed by atoms with Crippen molar-refractivity contribution in [1.82, 2.24) is 4.57 Å². The summed E-state index contributed by atoms with van der Waals surface area (Å²) in [6, 6.07) is 8.31. The van der Waals surface area contributed by atoms with E-state index in [0.29, 0.717) is 54.4 Å². The topological polar surface area (TPSA) is 85.3 Å². The highest BCUT2D eigenvalue weighted by Crippen LogP contribution is 2.36. The van der Waals surface area contributed by atoms with Crippen LogP contribution in [0.1, 0.15) is 52.5 Å². The Kier molecular flexibility index (Phi) is 8.54. The van der Waals surface area contributed by atoms with Gasteiger partial charge in [0.1, 0.15) is 21.2 Å². The Morgan fingerprint density at radius 1 is 1.21 bits per heavy atom. The number of phenols is 1. The normalized spacial score (nSPS) is 16.7. The molecule has 0 aromatic heterocycles. The monoisotopic (exact) mass is 469 g/mol. The molecule has 0 saturated carbocycles. The zero-order chi connectivity index (χ0) is 23.8. The number of rotatable bonds is 9. The molecular weight excluding hydrogens is 438 g/mol. The molecule has 1 saturated heterocycles. The lowest BCUT2D eigenvalue weighted by molar-refractivity contribution is 0.0857. The lowest BCUT2D eigenvalue weighted by Crippen LogP contribution is -2.37. The largest absolute Gasteiger partial charge is 0.507 e. The summed E-state index contributed by atoms with van der Waals surface area (Å²) in [5.41, 5.74) is 1.58. The van der Waals surface area contributed by atoms with Gasteiger partial charge >= 0.3 is 0 Å². The Labute approximate surface area is 196 Å². The number of aromatic hydroxyl groups is 1. The third-order valence-corrected chi connectivity index (χ3v) is 8.00. The van der Waals surface area contributed by atoms with E-state index in [-0.39, 0.29) is 22.8 Å². The van der Waals surface area contributed by atoms with Crippen molar-refractivity contribution in [3.8, 4) is 23.0 Å². The lowest BCUT2D eigenvalue weighted by atomic mass is 10.0. The average Bonchev–Trinajstić information content (AvgIpc) is 3.08. The molecule has 0 unspecified atom stereocenters. The first-order chi connectivity index (χ1) is 16.0. The first-order valence-corrected chi connectivity index (χ1v) is 12.6. The van der Waals surface area contributed by atoms with E-state index < -0.39 is 9.68 Å². The van der Waals surface area contributed by atoms with Crippen molar-refractivity contribution in [3.05, 3.63) is 53.6 Å². The van der Waals surface area contributed by atoms with Crippen LogP contribution in [0.2, 0.25) is 5.54 Å². The van der Waals surface area contributed by atoms with Gasteiger partial charge in [0.15, 0.2) is 17.8 Å². The van der Waals surface area contributed by atoms with E-state index in [1.165, 1.54) is 6.07 Å². The van der Waals surface area contributed by atoms with Gasteiger partial charge in [-0.25, -0.2) is 0 Å². The van der Waals surface area contributed by atoms with E-state index in [1.807, 2.05) is 11.5 Å². The first-order valence-electron chi connectivity index (χ1n) is 11.2. The number of amides is 1. The van der Waals surface area contributed by atoms with Crippen LogP contribution in [0.5, 0.6) is 23.0 Å². The Morgan fingerprint density at radius 2 is 2.03 bits per heavy atom. The predicted octanol–water partition coefficient (Wildman–Crippen LogP) is 3.83. The maximum absolute atomic E-state index is 13.5. The Balaban J connectivity index is 1.79. The number of phenolic OH excluding ortho intramolecular Hbond substituents is 1. The fourth-order valence-electron chi connectivity index (χ4n) is 4.13. The van der Waals surface area contributed by atoms with Gasteiger partial charge in [0, 0.05) is 23.2 Å². The van der Waals surface area contributed by atoms with Gasteiger partial charge in [0.2, 0.25) is 5.91 Å². The highest BCUT2D eigenvalue weighted by molar-refractivity contribution is 6.40. The highest BCUT2D eigenvalue weighted by Gasteiger charge is 2.27. The van der Waals surface area contributed by atoms with Gasteiger partial charge in [-0.3, -0.25) is 9.59 Å². The molecule has 0 bridgehead atoms. The van der Waals surface area contributed by atoms with E-state index in [2.05, 4.69) is 6.58 Å². The van der Waals surface area contributed by atoms with Crippen molar-refractivity contribution in [2.45, 2.75) is 31.7 Å². The van der Waals surface area contributed by atoms with Gasteiger partial charge in [-0.1, -0.05) is 25.1 Å². The third-order valence-electron chi connectivity index (χ3n) is 5.79. The molecule has 0 radical (unpaired) electrons. The second-order valence-corrected chi connectivity index (χ2v) is 10.2. The second kappa shape index (κ2) is 11.6. The van der Waals surface area contributed by atoms with E-state index in [4.69, 9.17) is 14.2 Å². The summed E-state index contributed by atoms with van der Waals surface area (Å²) in [5, 5.41) is 9.88. The van der Waals surface area contributed by atoms with E-state index in [9.17, 15) is 14.7 Å². The smallest absolute Gasteiger partial charge is 0.246 e. The Morgan fingerprint density at radius 3 is 2.73 bits per heavy atom. The van der Waals surface area contributed by atoms with Gasteiger partial charge in [0.05, 0.1) is 25.9 Å². The van der Waals surface area contributed by atoms with Gasteiger partial charge in [-0.15, -0.1) is 0 Å². The van der Waals surface area contributed by atoms with Crippen LogP contribution in [0.15, 0.2) is 36.9 Å². The number of benzene rings is 2. The molecule has 1 N–H and O–H groups in total. The van der Waals surface area contributed by atoms with Gasteiger partial charge in [-0.2, -0.15) is 0 Å². The molecular formula is C25H31NO6Si. The van der Waals surface area contributed by atoms with Gasteiger partial charge < -0.3 is 23.9 Å². The fraction of sp³-hybridized carbons (Fsp3) is 0.360. The third kappa shape index (κ3) is 5.57. The van der Waals surface area contributed by atoms with Crippen LogP contribution >= 0.6 is 0 Å². The number of nitrogens with zero attached hydrogens (tertiary/aromatic N) is 1. The molecule has 8 heteroatoms. The zero-order valence-electron chi connectivity index (χ0n) is 19.2. The molecule has 2 aromatic carbocycles. The summed E-state index contributed by atoms with van der Waals surface area (Å²) >= 11 is 0. The van der Waals surface area contributed by atoms with Crippen LogP contribution in [-0.4, -0.2) is 58.4 Å². The molecule has 0 spiro atoms. The SMILES string of the molecule is C=Cc1c(C(=O)N2CCCC[C@@H](COc3cccc(O)c3C=O)[SiH2]2)ccc(OC)c1OCC. The first kappa shape index (κ1) is 24.4. The molecule has 33 heavy (non-hydrogen) atoms. The predicted molar refractivity (Wildman–Crippen MR) is 130 cm³/mol. The number of hydrogen-bond donors (Lipinski definition) is 1. The van der Waals surface area contributed by atoms with Crippen LogP contribution in [0.4, 0.5) is 0 Å². The Hall–Kier alpha value is -3.26. The molecule has 2 aromatic rings. The van der Waals surface area contributed by atoms with E-state index >= 15 is 0 Å². The number of carbonyl (C=O) groups is 2. The van der Waals surface area contributed by atoms with Crippen molar-refractivity contribution >= 4 is 28.0 Å². The highest BCUT2D eigenvalue weighted by atomic mass is 28.2. The van der Waals surface area contributed by atoms with Gasteiger partial charge in [-0.05, 0) is 44.0 Å². The molecule has 1 atom stereocenters. The molecule has 1 fully saturated rings. The van der Waals surface area contributed by atoms with Gasteiger partial charge in [0.25, 0.3) is 0 Å². The number of carbonyl (C=O) groups excluding carboxylic acids is 2. The van der Waals surface area contributed by atoms with Crippen molar-refractivity contribution in [3.63, 3.8) is 0 Å². The molecule has 1 heterocycles. The Bertz CT molecular complexity index is 1010. The second-order valence-electron chi connectivity index (χ2n) is 7.93. The van der Waals surface area contributed by atoms with Crippen LogP contribution in [0.3, 0.4) is 0 Å². The van der Waals surface area contributed by atoms with E-state index in [1.54, 1.807) is 37.5 Å². The quantitative estimate of drug-likeness (QED) is 0.444. The lowest BCUT2D eigenvalue weighted by Gasteiger charge is -2.26. The molecule has 176 valence electrons. The van der Waals surface area contributed by atoms with Crippen LogP contribution < -0.4 is 14.2 Å². The van der Waals surface area contributed by atoms with Crippen LogP contribution in [0, 0.1) is 0 Å². The minimum Gasteiger partial charge on any atom is -0.507 e. The number of methoxy groups -OCH3 is 1. The summed E-state index contributed by atoms with van der Waals surface area (Å²) in [6.45, 7) is 7.34. The summed E-state index contributed by atoms with van der Waals surface area (Å²) in [6.07, 6.45) is 5.14. The van der Waals surface area contributed by atoms with Crippen molar-refractivity contribution in [1.29, 1.82) is 0 Å². The van der Waals surface area contributed by atoms with Crippen molar-refractivity contribution in [2.24, 2.45) is 0 Å². The fourth-order valence-corrected chi connectivity index (χ4v) is 6.19. The number of hydrogen-bond acceptors (Lipinski definition) is 6. The molecule has 1 amide bonds. The summed E-state index contributed by atoms with van der Waals surface area (Å²) in [5.74, 6) is 1.34. The standard InChI is InChI=1S/C25H31NO6Si/c1-4-18-19(12-13-23(30-3)24(18)31-5-2)25(29)26-14-7-6-9-17(33-26)16-32-22-11-8-10-21(28)20(22)15-27/h4,8,10-13,15,17,28H,1,5-7,9,14,16,33H2,2-3H3/t17-/m0/s1. The summed E-state index contributed by atoms with van der Waals surface area (Å²) < 4.78 is 19.1. The summed E-state index contributed by atoms with van der Waals surface area (Å²) in [4.78, 5) is 24.9. The number of ether oxygens (including phenoxy) is 3. The minimum atomic E-state index is -0.994. The van der Waals surface area contributed by atoms with Crippen molar-refractivity contribution in [2.75, 3.05) is 26.9 Å².